The summed E-state index contributed by atoms with van der Waals surface area (Å²) in [6.45, 7) is 0. The van der Waals surface area contributed by atoms with Gasteiger partial charge < -0.3 is 15.7 Å². The minimum atomic E-state index is -0.992. The maximum Gasteiger partial charge on any atom is 0.335 e. The highest BCUT2D eigenvalue weighted by molar-refractivity contribution is 6.00. The van der Waals surface area contributed by atoms with Gasteiger partial charge in [-0.1, -0.05) is 6.07 Å². The molecule has 5 heteroatoms. The van der Waals surface area contributed by atoms with E-state index in [0.717, 1.165) is 18.5 Å². The van der Waals surface area contributed by atoms with Gasteiger partial charge in [0.1, 0.15) is 0 Å². The molecule has 0 heterocycles. The first kappa shape index (κ1) is 14.1. The molecule has 22 heavy (non-hydrogen) atoms. The van der Waals surface area contributed by atoms with Gasteiger partial charge in [0.05, 0.1) is 5.56 Å². The van der Waals surface area contributed by atoms with Crippen molar-refractivity contribution in [1.82, 2.24) is 0 Å². The van der Waals surface area contributed by atoms with E-state index >= 15 is 0 Å². The van der Waals surface area contributed by atoms with Crippen molar-refractivity contribution in [2.24, 2.45) is 0 Å². The zero-order valence-electron chi connectivity index (χ0n) is 11.9. The van der Waals surface area contributed by atoms with Crippen molar-refractivity contribution in [3.8, 4) is 0 Å². The number of hydrogen-bond donors (Lipinski definition) is 3. The summed E-state index contributed by atoms with van der Waals surface area (Å²) in [4.78, 5) is 22.7. The van der Waals surface area contributed by atoms with Gasteiger partial charge in [0.25, 0.3) is 0 Å². The first-order valence-corrected chi connectivity index (χ1v) is 7.15. The number of benzene rings is 2. The molecule has 112 valence electrons. The molecule has 0 atom stereocenters. The minimum absolute atomic E-state index is 0.185. The summed E-state index contributed by atoms with van der Waals surface area (Å²) in [6, 6.07) is 11.6. The Morgan fingerprint density at radius 1 is 0.864 bits per heavy atom. The van der Waals surface area contributed by atoms with Gasteiger partial charge in [-0.25, -0.2) is 9.59 Å². The number of aromatic carboxylic acids is 1. The first-order valence-electron chi connectivity index (χ1n) is 7.15. The lowest BCUT2D eigenvalue weighted by Gasteiger charge is -2.09. The lowest BCUT2D eigenvalue weighted by atomic mass is 10.1. The zero-order valence-corrected chi connectivity index (χ0v) is 11.9. The predicted molar refractivity (Wildman–Crippen MR) is 84.5 cm³/mol. The van der Waals surface area contributed by atoms with Crippen molar-refractivity contribution in [3.63, 3.8) is 0 Å². The standard InChI is InChI=1S/C17H16N2O3/c20-16(21)12-5-7-14(8-6-12)18-17(22)19-15-9-4-11-2-1-3-13(11)10-15/h4-10H,1-3H2,(H,20,21)(H2,18,19,22). The quantitative estimate of drug-likeness (QED) is 0.811. The summed E-state index contributed by atoms with van der Waals surface area (Å²) in [5.41, 5.74) is 4.15. The Bertz CT molecular complexity index is 723. The summed E-state index contributed by atoms with van der Waals surface area (Å²) in [7, 11) is 0. The molecule has 0 aliphatic heterocycles. The van der Waals surface area contributed by atoms with Gasteiger partial charge in [-0.15, -0.1) is 0 Å². The normalized spacial score (nSPS) is 12.5. The molecule has 2 aromatic carbocycles. The van der Waals surface area contributed by atoms with E-state index < -0.39 is 5.97 Å². The molecular formula is C17H16N2O3. The number of hydrogen-bond acceptors (Lipinski definition) is 2. The fourth-order valence-corrected chi connectivity index (χ4v) is 2.64. The van der Waals surface area contributed by atoms with Crippen LogP contribution in [0.3, 0.4) is 0 Å². The van der Waals surface area contributed by atoms with E-state index in [1.807, 2.05) is 12.1 Å². The second-order valence-corrected chi connectivity index (χ2v) is 5.30. The Morgan fingerprint density at radius 2 is 1.50 bits per heavy atom. The molecule has 3 rings (SSSR count). The van der Waals surface area contributed by atoms with Crippen LogP contribution in [0.1, 0.15) is 27.9 Å². The molecule has 2 aromatic rings. The van der Waals surface area contributed by atoms with Crippen LogP contribution in [0.2, 0.25) is 0 Å². The zero-order chi connectivity index (χ0) is 15.5. The number of carbonyl (C=O) groups excluding carboxylic acids is 1. The number of fused-ring (bicyclic) bond motifs is 1. The van der Waals surface area contributed by atoms with E-state index in [4.69, 9.17) is 5.11 Å². The van der Waals surface area contributed by atoms with Gasteiger partial charge in [0, 0.05) is 11.4 Å². The Hall–Kier alpha value is -2.82. The number of carbonyl (C=O) groups is 2. The number of carboxylic acids is 1. The van der Waals surface area contributed by atoms with Crippen LogP contribution in [-0.4, -0.2) is 17.1 Å². The average Bonchev–Trinajstić information content (AvgIpc) is 2.95. The molecule has 0 bridgehead atoms. The summed E-state index contributed by atoms with van der Waals surface area (Å²) >= 11 is 0. The van der Waals surface area contributed by atoms with Crippen LogP contribution in [0, 0.1) is 0 Å². The average molecular weight is 296 g/mol. The highest BCUT2D eigenvalue weighted by Crippen LogP contribution is 2.25. The van der Waals surface area contributed by atoms with Crippen LogP contribution in [0.25, 0.3) is 0 Å². The van der Waals surface area contributed by atoms with E-state index in [1.165, 1.54) is 29.7 Å². The molecule has 0 spiro atoms. The lowest BCUT2D eigenvalue weighted by molar-refractivity contribution is 0.0697. The smallest absolute Gasteiger partial charge is 0.335 e. The molecule has 0 fully saturated rings. The van der Waals surface area contributed by atoms with E-state index in [-0.39, 0.29) is 11.6 Å². The second kappa shape index (κ2) is 5.89. The monoisotopic (exact) mass is 296 g/mol. The van der Waals surface area contributed by atoms with Gasteiger partial charge in [0.15, 0.2) is 0 Å². The Balaban J connectivity index is 1.63. The Labute approximate surface area is 128 Å². The molecule has 1 aliphatic rings. The molecule has 0 saturated heterocycles. The molecular weight excluding hydrogens is 280 g/mol. The predicted octanol–water partition coefficient (Wildman–Crippen LogP) is 3.52. The van der Waals surface area contributed by atoms with Crippen molar-refractivity contribution in [2.75, 3.05) is 10.6 Å². The molecule has 0 saturated carbocycles. The fourth-order valence-electron chi connectivity index (χ4n) is 2.64. The number of carboxylic acid groups (broad SMARTS) is 1. The van der Waals surface area contributed by atoms with Crippen molar-refractivity contribution < 1.29 is 14.7 Å². The summed E-state index contributed by atoms with van der Waals surface area (Å²) < 4.78 is 0. The van der Waals surface area contributed by atoms with Crippen LogP contribution in [-0.2, 0) is 12.8 Å². The summed E-state index contributed by atoms with van der Waals surface area (Å²) in [6.07, 6.45) is 3.34. The molecule has 0 aromatic heterocycles. The number of anilines is 2. The van der Waals surface area contributed by atoms with Crippen molar-refractivity contribution in [2.45, 2.75) is 19.3 Å². The van der Waals surface area contributed by atoms with Crippen LogP contribution >= 0.6 is 0 Å². The first-order chi connectivity index (χ1) is 10.6. The summed E-state index contributed by atoms with van der Waals surface area (Å²) in [5, 5.41) is 14.3. The van der Waals surface area contributed by atoms with Crippen LogP contribution in [0.15, 0.2) is 42.5 Å². The van der Waals surface area contributed by atoms with E-state index in [2.05, 4.69) is 16.7 Å². The van der Waals surface area contributed by atoms with E-state index in [0.29, 0.717) is 5.69 Å². The van der Waals surface area contributed by atoms with Crippen molar-refractivity contribution >= 4 is 23.4 Å². The van der Waals surface area contributed by atoms with Crippen LogP contribution in [0.5, 0.6) is 0 Å². The minimum Gasteiger partial charge on any atom is -0.478 e. The number of rotatable bonds is 3. The molecule has 5 nitrogen and oxygen atoms in total. The highest BCUT2D eigenvalue weighted by Gasteiger charge is 2.12. The number of urea groups is 1. The van der Waals surface area contributed by atoms with E-state index in [9.17, 15) is 9.59 Å². The van der Waals surface area contributed by atoms with Gasteiger partial charge in [0.2, 0.25) is 0 Å². The van der Waals surface area contributed by atoms with E-state index in [1.54, 1.807) is 12.1 Å². The largest absolute Gasteiger partial charge is 0.478 e. The third-order valence-corrected chi connectivity index (χ3v) is 3.75. The number of nitrogens with one attached hydrogen (secondary N) is 2. The summed E-state index contributed by atoms with van der Waals surface area (Å²) in [5.74, 6) is -0.992. The molecule has 1 aliphatic carbocycles. The van der Waals surface area contributed by atoms with Crippen LogP contribution < -0.4 is 10.6 Å². The Kier molecular flexibility index (Phi) is 3.78. The third kappa shape index (κ3) is 3.09. The second-order valence-electron chi connectivity index (χ2n) is 5.30. The fraction of sp³-hybridized carbons (Fsp3) is 0.176. The highest BCUT2D eigenvalue weighted by atomic mass is 16.4. The molecule has 0 radical (unpaired) electrons. The molecule has 0 unspecified atom stereocenters. The van der Waals surface area contributed by atoms with Crippen molar-refractivity contribution in [3.05, 3.63) is 59.2 Å². The van der Waals surface area contributed by atoms with Gasteiger partial charge in [-0.2, -0.15) is 0 Å². The van der Waals surface area contributed by atoms with Crippen LogP contribution in [0.4, 0.5) is 16.2 Å². The molecule has 3 N–H and O–H groups in total. The lowest BCUT2D eigenvalue weighted by Crippen LogP contribution is -2.19. The molecule has 2 amide bonds. The Morgan fingerprint density at radius 3 is 2.23 bits per heavy atom. The number of amides is 2. The SMILES string of the molecule is O=C(Nc1ccc(C(=O)O)cc1)Nc1ccc2c(c1)CCC2. The van der Waals surface area contributed by atoms with Gasteiger partial charge in [-0.3, -0.25) is 0 Å². The number of aryl methyl sites for hydroxylation is 2. The third-order valence-electron chi connectivity index (χ3n) is 3.75. The van der Waals surface area contributed by atoms with Gasteiger partial charge in [-0.05, 0) is 66.8 Å². The maximum atomic E-state index is 12.0. The van der Waals surface area contributed by atoms with Gasteiger partial charge >= 0.3 is 12.0 Å². The topological polar surface area (TPSA) is 78.4 Å². The maximum absolute atomic E-state index is 12.0. The van der Waals surface area contributed by atoms with Crippen molar-refractivity contribution in [1.29, 1.82) is 0 Å².